The van der Waals surface area contributed by atoms with Gasteiger partial charge in [-0.1, -0.05) is 133 Å². The second-order valence-electron chi connectivity index (χ2n) is 13.1. The van der Waals surface area contributed by atoms with Crippen LogP contribution in [-0.4, -0.2) is 4.57 Å². The Hall–Kier alpha value is -5.56. The molecule has 0 aliphatic carbocycles. The zero-order chi connectivity index (χ0) is 33.0. The Bertz CT molecular complexity index is 2610. The van der Waals surface area contributed by atoms with Crippen LogP contribution in [0.5, 0.6) is 0 Å². The molecule has 0 bridgehead atoms. The van der Waals surface area contributed by atoms with E-state index in [-0.39, 0.29) is 18.5 Å². The molecule has 10 rings (SSSR count). The van der Waals surface area contributed by atoms with Gasteiger partial charge in [-0.3, -0.25) is 16.0 Å². The maximum Gasteiger partial charge on any atom is 0.0865 e. The standard InChI is InChI=1S/C45H34N4S/c1-3-13-29(14-4-1)43-46-44(30-15-5-2-6-16-30)48-45(47-43)32-17-11-18-33(27-32)49-39-23-9-7-19-35(39)38-28-31(25-26-40(38)49)34-21-12-22-37-36-20-8-10-24-41(36)50-42(34)37/h1-28,43-48H. The molecule has 2 aromatic heterocycles. The minimum absolute atomic E-state index is 0.0200. The monoisotopic (exact) mass is 662 g/mol. The van der Waals surface area contributed by atoms with Crippen LogP contribution >= 0.6 is 11.3 Å². The molecule has 9 aromatic rings. The summed E-state index contributed by atoms with van der Waals surface area (Å²) < 4.78 is 5.09. The Morgan fingerprint density at radius 1 is 0.420 bits per heavy atom. The molecule has 240 valence electrons. The Morgan fingerprint density at radius 2 is 1.00 bits per heavy atom. The highest BCUT2D eigenvalue weighted by atomic mass is 32.1. The summed E-state index contributed by atoms with van der Waals surface area (Å²) in [5, 5.41) is 16.7. The van der Waals surface area contributed by atoms with Crippen molar-refractivity contribution in [3.63, 3.8) is 0 Å². The topological polar surface area (TPSA) is 41.0 Å². The summed E-state index contributed by atoms with van der Waals surface area (Å²) in [6, 6.07) is 61.5. The zero-order valence-corrected chi connectivity index (χ0v) is 28.1. The Balaban J connectivity index is 1.08. The first-order chi connectivity index (χ1) is 24.8. The van der Waals surface area contributed by atoms with Crippen molar-refractivity contribution >= 4 is 53.3 Å². The molecule has 0 amide bonds. The average Bonchev–Trinajstić information content (AvgIpc) is 3.74. The number of thiophene rings is 1. The van der Waals surface area contributed by atoms with Crippen LogP contribution in [0.25, 0.3) is 58.8 Å². The molecule has 0 spiro atoms. The quantitative estimate of drug-likeness (QED) is 0.172. The number of aromatic nitrogens is 1. The van der Waals surface area contributed by atoms with Gasteiger partial charge in [-0.05, 0) is 64.2 Å². The van der Waals surface area contributed by atoms with Crippen molar-refractivity contribution in [1.29, 1.82) is 0 Å². The average molecular weight is 663 g/mol. The lowest BCUT2D eigenvalue weighted by Crippen LogP contribution is -2.54. The number of benzene rings is 7. The molecule has 3 heterocycles. The van der Waals surface area contributed by atoms with Gasteiger partial charge in [-0.25, -0.2) is 0 Å². The Kier molecular flexibility index (Phi) is 7.10. The third-order valence-electron chi connectivity index (χ3n) is 10.1. The van der Waals surface area contributed by atoms with Crippen molar-refractivity contribution in [2.45, 2.75) is 18.5 Å². The fourth-order valence-electron chi connectivity index (χ4n) is 7.75. The summed E-state index contributed by atoms with van der Waals surface area (Å²) in [6.07, 6.45) is -0.116. The zero-order valence-electron chi connectivity index (χ0n) is 27.3. The van der Waals surface area contributed by atoms with Crippen LogP contribution in [0.15, 0.2) is 170 Å². The van der Waals surface area contributed by atoms with E-state index in [1.165, 1.54) is 69.8 Å². The van der Waals surface area contributed by atoms with Crippen LogP contribution in [-0.2, 0) is 0 Å². The first kappa shape index (κ1) is 29.4. The highest BCUT2D eigenvalue weighted by molar-refractivity contribution is 7.26. The summed E-state index contributed by atoms with van der Waals surface area (Å²) in [5.74, 6) is 0. The normalized spacial score (nSPS) is 18.0. The van der Waals surface area contributed by atoms with Gasteiger partial charge in [-0.2, -0.15) is 0 Å². The van der Waals surface area contributed by atoms with Crippen LogP contribution in [0.4, 0.5) is 0 Å². The van der Waals surface area contributed by atoms with Gasteiger partial charge in [0.25, 0.3) is 0 Å². The van der Waals surface area contributed by atoms with Crippen LogP contribution in [0.2, 0.25) is 0 Å². The van der Waals surface area contributed by atoms with Crippen molar-refractivity contribution in [2.75, 3.05) is 0 Å². The summed E-state index contributed by atoms with van der Waals surface area (Å²) in [7, 11) is 0. The van der Waals surface area contributed by atoms with Gasteiger partial charge in [0.15, 0.2) is 0 Å². The lowest BCUT2D eigenvalue weighted by Gasteiger charge is -2.39. The lowest BCUT2D eigenvalue weighted by molar-refractivity contribution is 0.203. The van der Waals surface area contributed by atoms with Crippen LogP contribution in [0.1, 0.15) is 35.2 Å². The van der Waals surface area contributed by atoms with Crippen molar-refractivity contribution < 1.29 is 0 Å². The molecule has 2 atom stereocenters. The molecular formula is C45H34N4S. The molecule has 2 unspecified atom stereocenters. The van der Waals surface area contributed by atoms with Crippen molar-refractivity contribution in [3.05, 3.63) is 187 Å². The first-order valence-electron chi connectivity index (χ1n) is 17.2. The van der Waals surface area contributed by atoms with Crippen LogP contribution < -0.4 is 16.0 Å². The second-order valence-corrected chi connectivity index (χ2v) is 14.1. The molecule has 50 heavy (non-hydrogen) atoms. The molecule has 4 nitrogen and oxygen atoms in total. The Labute approximate surface area is 294 Å². The van der Waals surface area contributed by atoms with E-state index >= 15 is 0 Å². The second kappa shape index (κ2) is 12.1. The molecule has 3 N–H and O–H groups in total. The SMILES string of the molecule is c1ccc(C2NC(c3ccccc3)NC(c3cccc(-n4c5ccccc5c5cc(-c6cccc7c6sc6ccccc67)ccc54)c3)N2)cc1. The summed E-state index contributed by atoms with van der Waals surface area (Å²) >= 11 is 1.89. The van der Waals surface area contributed by atoms with E-state index in [0.29, 0.717) is 0 Å². The van der Waals surface area contributed by atoms with Gasteiger partial charge in [0.05, 0.1) is 29.5 Å². The predicted octanol–water partition coefficient (Wildman–Crippen LogP) is 11.0. The Morgan fingerprint density at radius 3 is 1.76 bits per heavy atom. The van der Waals surface area contributed by atoms with Gasteiger partial charge in [0, 0.05) is 36.6 Å². The number of nitrogens with one attached hydrogen (secondary N) is 3. The van der Waals surface area contributed by atoms with E-state index in [0.717, 1.165) is 5.69 Å². The highest BCUT2D eigenvalue weighted by Crippen LogP contribution is 2.42. The van der Waals surface area contributed by atoms with Gasteiger partial charge in [-0.15, -0.1) is 11.3 Å². The van der Waals surface area contributed by atoms with Gasteiger partial charge in [0.1, 0.15) is 0 Å². The fraction of sp³-hybridized carbons (Fsp3) is 0.0667. The smallest absolute Gasteiger partial charge is 0.0865 e. The molecule has 1 fully saturated rings. The largest absolute Gasteiger partial charge is 0.309 e. The van der Waals surface area contributed by atoms with Crippen molar-refractivity contribution in [3.8, 4) is 16.8 Å². The molecule has 1 aliphatic rings. The molecule has 1 saturated heterocycles. The number of hydrogen-bond acceptors (Lipinski definition) is 4. The van der Waals surface area contributed by atoms with Gasteiger partial charge in [0.2, 0.25) is 0 Å². The van der Waals surface area contributed by atoms with Gasteiger partial charge < -0.3 is 4.57 Å². The van der Waals surface area contributed by atoms with E-state index in [9.17, 15) is 0 Å². The molecule has 1 aliphatic heterocycles. The highest BCUT2D eigenvalue weighted by Gasteiger charge is 2.30. The molecular weight excluding hydrogens is 629 g/mol. The summed E-state index contributed by atoms with van der Waals surface area (Å²) in [5.41, 5.74) is 9.68. The number of fused-ring (bicyclic) bond motifs is 6. The molecule has 7 aromatic carbocycles. The molecule has 5 heteroatoms. The number of rotatable bonds is 5. The number of nitrogens with zero attached hydrogens (tertiary/aromatic N) is 1. The lowest BCUT2D eigenvalue weighted by atomic mass is 10.0. The fourth-order valence-corrected chi connectivity index (χ4v) is 8.99. The third-order valence-corrected chi connectivity index (χ3v) is 11.3. The predicted molar refractivity (Wildman–Crippen MR) is 210 cm³/mol. The third kappa shape index (κ3) is 4.94. The van der Waals surface area contributed by atoms with E-state index in [4.69, 9.17) is 0 Å². The van der Waals surface area contributed by atoms with E-state index in [1.54, 1.807) is 0 Å². The maximum atomic E-state index is 3.85. The minimum atomic E-state index is -0.0758. The summed E-state index contributed by atoms with van der Waals surface area (Å²) in [6.45, 7) is 0. The van der Waals surface area contributed by atoms with E-state index in [2.05, 4.69) is 190 Å². The summed E-state index contributed by atoms with van der Waals surface area (Å²) in [4.78, 5) is 0. The van der Waals surface area contributed by atoms with E-state index in [1.807, 2.05) is 11.3 Å². The number of para-hydroxylation sites is 1. The van der Waals surface area contributed by atoms with Crippen LogP contribution in [0, 0.1) is 0 Å². The molecule has 0 saturated carbocycles. The van der Waals surface area contributed by atoms with Crippen molar-refractivity contribution in [1.82, 2.24) is 20.5 Å². The molecule has 0 radical (unpaired) electrons. The van der Waals surface area contributed by atoms with Crippen molar-refractivity contribution in [2.24, 2.45) is 0 Å². The maximum absolute atomic E-state index is 3.85. The number of hydrogen-bond donors (Lipinski definition) is 3. The minimum Gasteiger partial charge on any atom is -0.309 e. The van der Waals surface area contributed by atoms with Crippen LogP contribution in [0.3, 0.4) is 0 Å². The first-order valence-corrected chi connectivity index (χ1v) is 18.0. The van der Waals surface area contributed by atoms with Gasteiger partial charge >= 0.3 is 0 Å². The van der Waals surface area contributed by atoms with E-state index < -0.39 is 0 Å².